The summed E-state index contributed by atoms with van der Waals surface area (Å²) in [5.74, 6) is 0.366. The van der Waals surface area contributed by atoms with Crippen LogP contribution in [-0.2, 0) is 17.8 Å². The summed E-state index contributed by atoms with van der Waals surface area (Å²) in [6.45, 7) is 0.760. The van der Waals surface area contributed by atoms with E-state index >= 15 is 0 Å². The zero-order valence-electron chi connectivity index (χ0n) is 17.7. The lowest BCUT2D eigenvalue weighted by atomic mass is 10.1. The van der Waals surface area contributed by atoms with Crippen LogP contribution in [0.15, 0.2) is 82.2 Å². The van der Waals surface area contributed by atoms with Crippen molar-refractivity contribution in [2.45, 2.75) is 19.4 Å². The minimum Gasteiger partial charge on any atom is -0.488 e. The molecule has 0 aliphatic carbocycles. The Hall–Kier alpha value is -2.54. The van der Waals surface area contributed by atoms with Crippen LogP contribution in [0.3, 0.4) is 0 Å². The molecule has 0 bridgehead atoms. The fourth-order valence-corrected chi connectivity index (χ4v) is 4.79. The van der Waals surface area contributed by atoms with Crippen LogP contribution in [-0.4, -0.2) is 22.6 Å². The molecule has 33 heavy (non-hydrogen) atoms. The monoisotopic (exact) mass is 541 g/mol. The van der Waals surface area contributed by atoms with Crippen LogP contribution in [0.25, 0.3) is 6.08 Å². The van der Waals surface area contributed by atoms with Gasteiger partial charge in [-0.3, -0.25) is 14.5 Å². The van der Waals surface area contributed by atoms with Gasteiger partial charge >= 0.3 is 0 Å². The topological polar surface area (TPSA) is 46.6 Å². The summed E-state index contributed by atoms with van der Waals surface area (Å²) < 4.78 is 6.86. The molecule has 0 unspecified atom stereocenters. The van der Waals surface area contributed by atoms with Crippen LogP contribution >= 0.6 is 39.3 Å². The molecule has 1 heterocycles. The first-order valence-corrected chi connectivity index (χ1v) is 12.4. The number of amides is 2. The molecule has 4 rings (SSSR count). The van der Waals surface area contributed by atoms with Crippen molar-refractivity contribution in [3.8, 4) is 5.75 Å². The third kappa shape index (κ3) is 6.28. The fraction of sp³-hybridized carbons (Fsp3) is 0.154. The molecule has 0 aromatic heterocycles. The highest BCUT2D eigenvalue weighted by Gasteiger charge is 2.34. The largest absolute Gasteiger partial charge is 0.488 e. The van der Waals surface area contributed by atoms with E-state index in [9.17, 15) is 9.59 Å². The summed E-state index contributed by atoms with van der Waals surface area (Å²) in [6.07, 6.45) is 3.27. The molecule has 4 nitrogen and oxygen atoms in total. The van der Waals surface area contributed by atoms with Gasteiger partial charge in [0.1, 0.15) is 12.4 Å². The first-order valence-electron chi connectivity index (χ1n) is 10.5. The lowest BCUT2D eigenvalue weighted by Crippen LogP contribution is -2.29. The van der Waals surface area contributed by atoms with Gasteiger partial charge in [-0.2, -0.15) is 0 Å². The number of carbonyl (C=O) groups is 2. The second-order valence-electron chi connectivity index (χ2n) is 7.52. The number of ether oxygens (including phenoxy) is 1. The first-order chi connectivity index (χ1) is 16.0. The number of halogens is 2. The van der Waals surface area contributed by atoms with Gasteiger partial charge in [0.05, 0.1) is 4.91 Å². The Morgan fingerprint density at radius 2 is 1.73 bits per heavy atom. The summed E-state index contributed by atoms with van der Waals surface area (Å²) in [5.41, 5.74) is 2.90. The minimum atomic E-state index is -0.262. The smallest absolute Gasteiger partial charge is 0.293 e. The maximum absolute atomic E-state index is 12.9. The zero-order chi connectivity index (χ0) is 23.2. The molecule has 0 radical (unpaired) electrons. The van der Waals surface area contributed by atoms with Crippen LogP contribution < -0.4 is 4.74 Å². The van der Waals surface area contributed by atoms with E-state index in [1.807, 2.05) is 72.8 Å². The summed E-state index contributed by atoms with van der Waals surface area (Å²) in [6, 6.07) is 23.1. The van der Waals surface area contributed by atoms with Crippen molar-refractivity contribution in [2.24, 2.45) is 0 Å². The molecule has 7 heteroatoms. The van der Waals surface area contributed by atoms with Crippen LogP contribution in [0.1, 0.15) is 23.1 Å². The normalized spacial score (nSPS) is 14.8. The fourth-order valence-electron chi connectivity index (χ4n) is 3.43. The van der Waals surface area contributed by atoms with E-state index < -0.39 is 0 Å². The molecule has 0 spiro atoms. The second-order valence-corrected chi connectivity index (χ2v) is 9.87. The zero-order valence-corrected chi connectivity index (χ0v) is 20.8. The van der Waals surface area contributed by atoms with Crippen LogP contribution in [0.2, 0.25) is 5.02 Å². The molecular formula is C26H21BrClNO3S. The van der Waals surface area contributed by atoms with Crippen molar-refractivity contribution in [3.63, 3.8) is 0 Å². The number of benzene rings is 3. The Morgan fingerprint density at radius 3 is 2.48 bits per heavy atom. The van der Waals surface area contributed by atoms with Gasteiger partial charge < -0.3 is 4.74 Å². The lowest BCUT2D eigenvalue weighted by Gasteiger charge is -2.12. The van der Waals surface area contributed by atoms with E-state index in [1.165, 1.54) is 10.5 Å². The maximum atomic E-state index is 12.9. The standard InChI is InChI=1S/C26H21BrClNO3S/c27-21-10-13-23(32-17-19-8-11-22(28)12-9-19)20(15-21)16-24-25(30)29(26(31)33-24)14-4-7-18-5-2-1-3-6-18/h1-3,5-6,8-13,15-16H,4,7,14,17H2/b24-16+. The van der Waals surface area contributed by atoms with Crippen molar-refractivity contribution < 1.29 is 14.3 Å². The van der Waals surface area contributed by atoms with Gasteiger partial charge in [0.2, 0.25) is 0 Å². The molecule has 1 aliphatic rings. The van der Waals surface area contributed by atoms with Crippen molar-refractivity contribution in [1.82, 2.24) is 4.90 Å². The number of hydrogen-bond donors (Lipinski definition) is 0. The summed E-state index contributed by atoms with van der Waals surface area (Å²) in [5, 5.41) is 0.431. The minimum absolute atomic E-state index is 0.238. The Bertz CT molecular complexity index is 1180. The predicted molar refractivity (Wildman–Crippen MR) is 137 cm³/mol. The van der Waals surface area contributed by atoms with E-state index in [4.69, 9.17) is 16.3 Å². The second kappa shape index (κ2) is 11.1. The summed E-state index contributed by atoms with van der Waals surface area (Å²) >= 11 is 10.4. The van der Waals surface area contributed by atoms with Gasteiger partial charge in [-0.1, -0.05) is 70.0 Å². The van der Waals surface area contributed by atoms with Crippen LogP contribution in [0.5, 0.6) is 5.75 Å². The lowest BCUT2D eigenvalue weighted by molar-refractivity contribution is -0.122. The highest BCUT2D eigenvalue weighted by Crippen LogP contribution is 2.35. The molecule has 0 N–H and O–H groups in total. The molecule has 0 atom stereocenters. The van der Waals surface area contributed by atoms with Crippen molar-refractivity contribution in [3.05, 3.63) is 104 Å². The predicted octanol–water partition coefficient (Wildman–Crippen LogP) is 7.35. The van der Waals surface area contributed by atoms with E-state index in [1.54, 1.807) is 6.08 Å². The van der Waals surface area contributed by atoms with Gasteiger partial charge in [0.25, 0.3) is 11.1 Å². The van der Waals surface area contributed by atoms with E-state index in [0.717, 1.165) is 40.2 Å². The number of carbonyl (C=O) groups excluding carboxylic acids is 2. The Balaban J connectivity index is 1.45. The molecule has 168 valence electrons. The van der Waals surface area contributed by atoms with Crippen molar-refractivity contribution in [2.75, 3.05) is 6.54 Å². The SMILES string of the molecule is O=C1S/C(=C/c2cc(Br)ccc2OCc2ccc(Cl)cc2)C(=O)N1CCCc1ccccc1. The average Bonchev–Trinajstić information content (AvgIpc) is 3.08. The number of nitrogens with zero attached hydrogens (tertiary/aromatic N) is 1. The highest BCUT2D eigenvalue weighted by atomic mass is 79.9. The van der Waals surface area contributed by atoms with E-state index in [-0.39, 0.29) is 11.1 Å². The number of rotatable bonds is 8. The van der Waals surface area contributed by atoms with Gasteiger partial charge in [0.15, 0.2) is 0 Å². The Kier molecular flexibility index (Phi) is 7.91. The van der Waals surface area contributed by atoms with E-state index in [0.29, 0.717) is 28.8 Å². The quantitative estimate of drug-likeness (QED) is 0.279. The van der Waals surface area contributed by atoms with Gasteiger partial charge in [-0.15, -0.1) is 0 Å². The highest BCUT2D eigenvalue weighted by molar-refractivity contribution is 9.10. The number of aryl methyl sites for hydroxylation is 1. The number of hydrogen-bond acceptors (Lipinski definition) is 4. The molecule has 0 saturated carbocycles. The third-order valence-corrected chi connectivity index (χ3v) is 6.78. The number of thioether (sulfide) groups is 1. The molecule has 1 aliphatic heterocycles. The Labute approximate surface area is 210 Å². The molecule has 3 aromatic rings. The average molecular weight is 543 g/mol. The van der Waals surface area contributed by atoms with E-state index in [2.05, 4.69) is 15.9 Å². The molecule has 2 amide bonds. The van der Waals surface area contributed by atoms with Crippen molar-refractivity contribution in [1.29, 1.82) is 0 Å². The molecule has 1 fully saturated rings. The maximum Gasteiger partial charge on any atom is 0.293 e. The van der Waals surface area contributed by atoms with Crippen LogP contribution in [0, 0.1) is 0 Å². The number of imide groups is 1. The third-order valence-electron chi connectivity index (χ3n) is 5.13. The van der Waals surface area contributed by atoms with Crippen LogP contribution in [0.4, 0.5) is 4.79 Å². The van der Waals surface area contributed by atoms with Gasteiger partial charge in [0, 0.05) is 21.6 Å². The van der Waals surface area contributed by atoms with Gasteiger partial charge in [-0.25, -0.2) is 0 Å². The summed E-state index contributed by atoms with van der Waals surface area (Å²) in [7, 11) is 0. The first kappa shape index (κ1) is 23.6. The van der Waals surface area contributed by atoms with Gasteiger partial charge in [-0.05, 0) is 72.1 Å². The molecule has 3 aromatic carbocycles. The molecule has 1 saturated heterocycles. The van der Waals surface area contributed by atoms with Crippen molar-refractivity contribution >= 4 is 56.5 Å². The Morgan fingerprint density at radius 1 is 0.970 bits per heavy atom. The molecular weight excluding hydrogens is 522 g/mol. The summed E-state index contributed by atoms with van der Waals surface area (Å²) in [4.78, 5) is 27.1.